The molecule has 0 amide bonds. The van der Waals surface area contributed by atoms with Crippen molar-refractivity contribution >= 4 is 58.8 Å². The molecule has 2 radical (unpaired) electrons. The Balaban J connectivity index is 1.33. The first-order valence-corrected chi connectivity index (χ1v) is 14.8. The average Bonchev–Trinajstić information content (AvgIpc) is 3.48. The molecule has 0 bridgehead atoms. The van der Waals surface area contributed by atoms with Gasteiger partial charge in [0.1, 0.15) is 15.3 Å². The van der Waals surface area contributed by atoms with E-state index in [1.54, 1.807) is 0 Å². The maximum atomic E-state index is 4.67. The molecule has 0 unspecified atom stereocenters. The van der Waals surface area contributed by atoms with E-state index < -0.39 is 0 Å². The first kappa shape index (κ1) is 24.7. The van der Waals surface area contributed by atoms with Gasteiger partial charge in [-0.1, -0.05) is 85.7 Å². The Morgan fingerprint density at radius 3 is 2.25 bits per heavy atom. The number of hydrogen-bond donors (Lipinski definition) is 0. The van der Waals surface area contributed by atoms with Gasteiger partial charge in [-0.15, -0.1) is 0 Å². The highest BCUT2D eigenvalue weighted by molar-refractivity contribution is 6.67. The summed E-state index contributed by atoms with van der Waals surface area (Å²) < 4.78 is 2.28. The van der Waals surface area contributed by atoms with E-state index in [-0.39, 0.29) is 5.41 Å². The molecule has 3 heterocycles. The van der Waals surface area contributed by atoms with Crippen molar-refractivity contribution in [2.24, 2.45) is 0 Å². The zero-order chi connectivity index (χ0) is 27.4. The Bertz CT molecular complexity index is 1870. The summed E-state index contributed by atoms with van der Waals surface area (Å²) in [4.78, 5) is 9.44. The summed E-state index contributed by atoms with van der Waals surface area (Å²) in [6.07, 6.45) is 1.86. The molecule has 4 aromatic carbocycles. The number of aromatic nitrogens is 2. The Hall–Kier alpha value is -4.35. The van der Waals surface area contributed by atoms with E-state index in [2.05, 4.69) is 144 Å². The summed E-state index contributed by atoms with van der Waals surface area (Å²) in [6.45, 7) is 7.78. The quantitative estimate of drug-likeness (QED) is 0.235. The first-order chi connectivity index (χ1) is 19.4. The fraction of sp³-hybridized carbons (Fsp3) is 0.171. The summed E-state index contributed by atoms with van der Waals surface area (Å²) in [6, 6.07) is 37.6. The Morgan fingerprint density at radius 1 is 0.700 bits per heavy atom. The molecule has 7 rings (SSSR count). The highest BCUT2D eigenvalue weighted by Crippen LogP contribution is 2.40. The monoisotopic (exact) mass is 536 g/mol. The molecular weight excluding hydrogens is 504 g/mol. The minimum absolute atomic E-state index is 0.0560. The van der Waals surface area contributed by atoms with E-state index in [1.807, 2.05) is 12.3 Å². The van der Waals surface area contributed by atoms with Crippen molar-refractivity contribution in [2.75, 3.05) is 23.5 Å². The normalized spacial score (nSPS) is 13.4. The van der Waals surface area contributed by atoms with Crippen LogP contribution < -0.4 is 20.2 Å². The summed E-state index contributed by atoms with van der Waals surface area (Å²) in [7, 11) is 2.73. The van der Waals surface area contributed by atoms with E-state index >= 15 is 0 Å². The van der Waals surface area contributed by atoms with E-state index in [1.165, 1.54) is 54.8 Å². The number of fused-ring (bicyclic) bond motifs is 4. The van der Waals surface area contributed by atoms with Crippen LogP contribution in [0.2, 0.25) is 0 Å². The third kappa shape index (κ3) is 4.18. The molecule has 6 aromatic rings. The van der Waals surface area contributed by atoms with Crippen LogP contribution in [0.5, 0.6) is 0 Å². The fourth-order valence-electron chi connectivity index (χ4n) is 5.82. The molecule has 0 saturated heterocycles. The van der Waals surface area contributed by atoms with Gasteiger partial charge < -0.3 is 9.80 Å². The molecule has 0 fully saturated rings. The van der Waals surface area contributed by atoms with Gasteiger partial charge in [0.05, 0.1) is 29.1 Å². The molecule has 0 N–H and O–H groups in total. The molecule has 40 heavy (non-hydrogen) atoms. The van der Waals surface area contributed by atoms with Crippen molar-refractivity contribution in [1.82, 2.24) is 9.55 Å². The maximum absolute atomic E-state index is 4.67. The highest BCUT2D eigenvalue weighted by atomic mass is 28.2. The largest absolute Gasteiger partial charge is 0.355 e. The standard InChI is InChI=1S/C35H32N4Si/c1-35(2,3)24-19-25(38-23-37(4)32-13-7-8-14-33(32)38)21-27(20-24)40-26-16-17-31-29(22-26)28-11-5-6-12-30(28)39(31)34-15-9-10-18-36-34/h5-22H,23H2,1-4H3. The van der Waals surface area contributed by atoms with Gasteiger partial charge in [-0.3, -0.25) is 4.57 Å². The van der Waals surface area contributed by atoms with Gasteiger partial charge in [0.2, 0.25) is 0 Å². The summed E-state index contributed by atoms with van der Waals surface area (Å²) in [5.41, 5.74) is 7.61. The lowest BCUT2D eigenvalue weighted by Gasteiger charge is -2.26. The van der Waals surface area contributed by atoms with Crippen LogP contribution in [-0.2, 0) is 5.41 Å². The van der Waals surface area contributed by atoms with Gasteiger partial charge in [-0.2, -0.15) is 0 Å². The smallest absolute Gasteiger partial charge is 0.137 e. The lowest BCUT2D eigenvalue weighted by atomic mass is 9.87. The minimum atomic E-state index is 0.0560. The molecular formula is C35H32N4Si. The topological polar surface area (TPSA) is 24.3 Å². The van der Waals surface area contributed by atoms with Crippen LogP contribution in [0, 0.1) is 0 Å². The van der Waals surface area contributed by atoms with Crippen molar-refractivity contribution in [3.8, 4) is 5.82 Å². The lowest BCUT2D eigenvalue weighted by molar-refractivity contribution is 0.590. The Kier molecular flexibility index (Phi) is 5.79. The summed E-state index contributed by atoms with van der Waals surface area (Å²) >= 11 is 0. The van der Waals surface area contributed by atoms with E-state index in [9.17, 15) is 0 Å². The lowest BCUT2D eigenvalue weighted by Crippen LogP contribution is -2.31. The molecule has 4 nitrogen and oxygen atoms in total. The number of rotatable bonds is 4. The van der Waals surface area contributed by atoms with Crippen LogP contribution in [0.4, 0.5) is 17.1 Å². The van der Waals surface area contributed by atoms with Crippen LogP contribution in [0.3, 0.4) is 0 Å². The Morgan fingerprint density at radius 2 is 1.45 bits per heavy atom. The molecule has 2 aromatic heterocycles. The first-order valence-electron chi connectivity index (χ1n) is 13.8. The van der Waals surface area contributed by atoms with Crippen molar-refractivity contribution in [3.05, 3.63) is 115 Å². The van der Waals surface area contributed by atoms with E-state index in [0.717, 1.165) is 12.5 Å². The van der Waals surface area contributed by atoms with Gasteiger partial charge in [0.25, 0.3) is 0 Å². The minimum Gasteiger partial charge on any atom is -0.355 e. The van der Waals surface area contributed by atoms with Crippen molar-refractivity contribution < 1.29 is 0 Å². The molecule has 0 atom stereocenters. The van der Waals surface area contributed by atoms with Gasteiger partial charge in [0, 0.05) is 29.7 Å². The van der Waals surface area contributed by atoms with Crippen molar-refractivity contribution in [2.45, 2.75) is 26.2 Å². The van der Waals surface area contributed by atoms with Crippen LogP contribution in [0.15, 0.2) is 109 Å². The van der Waals surface area contributed by atoms with Crippen molar-refractivity contribution in [1.29, 1.82) is 0 Å². The second-order valence-electron chi connectivity index (χ2n) is 11.7. The predicted molar refractivity (Wildman–Crippen MR) is 171 cm³/mol. The third-order valence-corrected chi connectivity index (χ3v) is 9.05. The number of nitrogens with zero attached hydrogens (tertiary/aromatic N) is 4. The van der Waals surface area contributed by atoms with Gasteiger partial charge >= 0.3 is 0 Å². The number of para-hydroxylation sites is 3. The molecule has 0 saturated carbocycles. The second kappa shape index (κ2) is 9.39. The fourth-order valence-corrected chi connectivity index (χ4v) is 6.99. The zero-order valence-corrected chi connectivity index (χ0v) is 24.4. The summed E-state index contributed by atoms with van der Waals surface area (Å²) in [5.74, 6) is 0.947. The summed E-state index contributed by atoms with van der Waals surface area (Å²) in [5, 5.41) is 5.24. The molecule has 0 aliphatic carbocycles. The van der Waals surface area contributed by atoms with Crippen LogP contribution in [0.1, 0.15) is 26.3 Å². The van der Waals surface area contributed by atoms with Gasteiger partial charge in [0.15, 0.2) is 0 Å². The zero-order valence-electron chi connectivity index (χ0n) is 23.4. The third-order valence-electron chi connectivity index (χ3n) is 7.87. The molecule has 0 spiro atoms. The van der Waals surface area contributed by atoms with Crippen molar-refractivity contribution in [3.63, 3.8) is 0 Å². The van der Waals surface area contributed by atoms with Gasteiger partial charge in [-0.25, -0.2) is 4.98 Å². The number of pyridine rings is 1. The molecule has 5 heteroatoms. The second-order valence-corrected chi connectivity index (χ2v) is 13.1. The molecule has 1 aliphatic heterocycles. The number of anilines is 3. The molecule has 1 aliphatic rings. The number of benzene rings is 4. The van der Waals surface area contributed by atoms with Crippen LogP contribution in [0.25, 0.3) is 27.6 Å². The predicted octanol–water partition coefficient (Wildman–Crippen LogP) is 6.68. The maximum Gasteiger partial charge on any atom is 0.137 e. The Labute approximate surface area is 238 Å². The number of hydrogen-bond acceptors (Lipinski definition) is 3. The van der Waals surface area contributed by atoms with Crippen LogP contribution >= 0.6 is 0 Å². The highest BCUT2D eigenvalue weighted by Gasteiger charge is 2.26. The van der Waals surface area contributed by atoms with Gasteiger partial charge in [-0.05, 0) is 59.5 Å². The molecule has 196 valence electrons. The average molecular weight is 537 g/mol. The van der Waals surface area contributed by atoms with Crippen LogP contribution in [-0.4, -0.2) is 32.8 Å². The van der Waals surface area contributed by atoms with E-state index in [0.29, 0.717) is 9.52 Å². The SMILES string of the molecule is CN1CN(c2cc([Si]c3ccc4c(c3)c3ccccc3n4-c3ccccn3)cc(C(C)(C)C)c2)c2ccccc21. The van der Waals surface area contributed by atoms with E-state index in [4.69, 9.17) is 0 Å².